The van der Waals surface area contributed by atoms with E-state index in [0.29, 0.717) is 0 Å². The van der Waals surface area contributed by atoms with Gasteiger partial charge < -0.3 is 10.2 Å². The molecule has 0 saturated carbocycles. The van der Waals surface area contributed by atoms with Gasteiger partial charge in [0.1, 0.15) is 0 Å². The minimum Gasteiger partial charge on any atom is -0.318 e. The Hall–Kier alpha value is -0.720. The summed E-state index contributed by atoms with van der Waals surface area (Å²) in [5.41, 5.74) is 2.52. The summed E-state index contributed by atoms with van der Waals surface area (Å²) in [6, 6.07) is 0. The molecule has 0 bridgehead atoms. The van der Waals surface area contributed by atoms with E-state index in [4.69, 9.17) is 0 Å². The third kappa shape index (κ3) is 3.18. The van der Waals surface area contributed by atoms with Crippen LogP contribution in [0.3, 0.4) is 0 Å². The van der Waals surface area contributed by atoms with Crippen molar-refractivity contribution < 1.29 is 4.21 Å². The number of nitrogens with one attached hydrogen (secondary N) is 1. The standard InChI is InChI=1S/C12H22N4OS/c1-13-6-11(18(3)17)9-16-8-10-7-15(2)5-4-12(10)14-16/h8,11,13H,4-7,9H2,1-3H3. The SMILES string of the molecule is CNCC(Cn1cc2c(n1)CCN(C)C2)S(C)=O. The van der Waals surface area contributed by atoms with E-state index in [1.165, 1.54) is 11.3 Å². The van der Waals surface area contributed by atoms with Gasteiger partial charge in [-0.1, -0.05) is 0 Å². The highest BCUT2D eigenvalue weighted by Gasteiger charge is 2.19. The van der Waals surface area contributed by atoms with Gasteiger partial charge in [-0.15, -0.1) is 0 Å². The van der Waals surface area contributed by atoms with E-state index in [1.807, 2.05) is 11.7 Å². The lowest BCUT2D eigenvalue weighted by molar-refractivity contribution is 0.311. The molecule has 2 unspecified atom stereocenters. The Labute approximate surface area is 111 Å². The van der Waals surface area contributed by atoms with Gasteiger partial charge in [0, 0.05) is 54.9 Å². The number of likely N-dealkylation sites (N-methyl/N-ethyl adjacent to an activating group) is 1. The maximum atomic E-state index is 11.7. The fourth-order valence-electron chi connectivity index (χ4n) is 2.33. The molecule has 1 aliphatic heterocycles. The summed E-state index contributed by atoms with van der Waals surface area (Å²) in [4.78, 5) is 2.30. The number of fused-ring (bicyclic) bond motifs is 1. The van der Waals surface area contributed by atoms with Gasteiger partial charge in [0.25, 0.3) is 0 Å². The molecule has 2 atom stereocenters. The van der Waals surface area contributed by atoms with Crippen LogP contribution in [0.25, 0.3) is 0 Å². The smallest absolute Gasteiger partial charge is 0.0682 e. The molecule has 0 radical (unpaired) electrons. The van der Waals surface area contributed by atoms with Crippen LogP contribution in [0.5, 0.6) is 0 Å². The van der Waals surface area contributed by atoms with Crippen molar-refractivity contribution in [3.63, 3.8) is 0 Å². The van der Waals surface area contributed by atoms with Gasteiger partial charge >= 0.3 is 0 Å². The largest absolute Gasteiger partial charge is 0.318 e. The topological polar surface area (TPSA) is 50.2 Å². The van der Waals surface area contributed by atoms with Gasteiger partial charge in [-0.25, -0.2) is 0 Å². The number of hydrogen-bond donors (Lipinski definition) is 1. The minimum absolute atomic E-state index is 0.120. The Balaban J connectivity index is 2.07. The van der Waals surface area contributed by atoms with Crippen molar-refractivity contribution in [2.45, 2.75) is 24.8 Å². The maximum absolute atomic E-state index is 11.7. The summed E-state index contributed by atoms with van der Waals surface area (Å²) in [5.74, 6) is 0. The van der Waals surface area contributed by atoms with Gasteiger partial charge in [-0.2, -0.15) is 5.10 Å². The molecule has 2 rings (SSSR count). The molecule has 18 heavy (non-hydrogen) atoms. The van der Waals surface area contributed by atoms with E-state index in [0.717, 1.165) is 32.6 Å². The lowest BCUT2D eigenvalue weighted by atomic mass is 10.1. The Morgan fingerprint density at radius 1 is 1.61 bits per heavy atom. The van der Waals surface area contributed by atoms with Crippen molar-refractivity contribution >= 4 is 10.8 Å². The van der Waals surface area contributed by atoms with Crippen LogP contribution >= 0.6 is 0 Å². The molecule has 102 valence electrons. The first-order valence-corrected chi connectivity index (χ1v) is 7.93. The van der Waals surface area contributed by atoms with Gasteiger partial charge in [0.2, 0.25) is 0 Å². The Bertz CT molecular complexity index is 432. The molecule has 1 aromatic heterocycles. The molecule has 0 spiro atoms. The Morgan fingerprint density at radius 3 is 3.06 bits per heavy atom. The van der Waals surface area contributed by atoms with Gasteiger partial charge in [0.05, 0.1) is 17.5 Å². The monoisotopic (exact) mass is 270 g/mol. The fourth-order valence-corrected chi connectivity index (χ4v) is 3.09. The predicted molar refractivity (Wildman–Crippen MR) is 74.0 cm³/mol. The summed E-state index contributed by atoms with van der Waals surface area (Å²) in [5, 5.41) is 7.83. The lowest BCUT2D eigenvalue weighted by Gasteiger charge is -2.20. The second kappa shape index (κ2) is 5.95. The quantitative estimate of drug-likeness (QED) is 0.808. The van der Waals surface area contributed by atoms with Gasteiger partial charge in [-0.3, -0.25) is 8.89 Å². The average Bonchev–Trinajstić information content (AvgIpc) is 2.69. The summed E-state index contributed by atoms with van der Waals surface area (Å²) in [7, 11) is 3.19. The predicted octanol–water partition coefficient (Wildman–Crippen LogP) is -0.162. The molecular weight excluding hydrogens is 248 g/mol. The molecule has 0 aromatic carbocycles. The highest BCUT2D eigenvalue weighted by molar-refractivity contribution is 7.84. The molecule has 6 heteroatoms. The van der Waals surface area contributed by atoms with Crippen LogP contribution in [0.4, 0.5) is 0 Å². The third-order valence-electron chi connectivity index (χ3n) is 3.39. The summed E-state index contributed by atoms with van der Waals surface area (Å²) in [6.45, 7) is 3.53. The number of hydrogen-bond acceptors (Lipinski definition) is 4. The van der Waals surface area contributed by atoms with E-state index < -0.39 is 10.8 Å². The Kier molecular flexibility index (Phi) is 4.53. The highest BCUT2D eigenvalue weighted by atomic mass is 32.2. The zero-order chi connectivity index (χ0) is 13.1. The number of nitrogens with zero attached hydrogens (tertiary/aromatic N) is 3. The second-order valence-electron chi connectivity index (χ2n) is 4.99. The summed E-state index contributed by atoms with van der Waals surface area (Å²) >= 11 is 0. The van der Waals surface area contributed by atoms with Crippen molar-refractivity contribution in [3.05, 3.63) is 17.5 Å². The van der Waals surface area contributed by atoms with E-state index in [9.17, 15) is 4.21 Å². The van der Waals surface area contributed by atoms with Crippen molar-refractivity contribution in [1.29, 1.82) is 0 Å². The lowest BCUT2D eigenvalue weighted by Crippen LogP contribution is -2.31. The van der Waals surface area contributed by atoms with Crippen LogP contribution in [0.1, 0.15) is 11.3 Å². The van der Waals surface area contributed by atoms with Gasteiger partial charge in [0.15, 0.2) is 0 Å². The first-order chi connectivity index (χ1) is 8.60. The van der Waals surface area contributed by atoms with E-state index >= 15 is 0 Å². The number of rotatable bonds is 5. The Morgan fingerprint density at radius 2 is 2.39 bits per heavy atom. The molecule has 1 aliphatic rings. The zero-order valence-electron chi connectivity index (χ0n) is 11.3. The first-order valence-electron chi connectivity index (χ1n) is 6.30. The second-order valence-corrected chi connectivity index (χ2v) is 6.65. The van der Waals surface area contributed by atoms with E-state index in [-0.39, 0.29) is 5.25 Å². The fraction of sp³-hybridized carbons (Fsp3) is 0.750. The summed E-state index contributed by atoms with van der Waals surface area (Å²) < 4.78 is 13.6. The van der Waals surface area contributed by atoms with E-state index in [1.54, 1.807) is 6.26 Å². The van der Waals surface area contributed by atoms with Crippen molar-refractivity contribution in [2.24, 2.45) is 0 Å². The van der Waals surface area contributed by atoms with Crippen LogP contribution in [-0.4, -0.2) is 57.6 Å². The van der Waals surface area contributed by atoms with Crippen LogP contribution in [-0.2, 0) is 30.3 Å². The first kappa shape index (κ1) is 13.7. The highest BCUT2D eigenvalue weighted by Crippen LogP contribution is 2.16. The molecule has 0 fully saturated rings. The van der Waals surface area contributed by atoms with Crippen LogP contribution in [0.2, 0.25) is 0 Å². The molecule has 2 heterocycles. The maximum Gasteiger partial charge on any atom is 0.0682 e. The van der Waals surface area contributed by atoms with E-state index in [2.05, 4.69) is 28.6 Å². The zero-order valence-corrected chi connectivity index (χ0v) is 12.2. The number of aromatic nitrogens is 2. The van der Waals surface area contributed by atoms with Crippen LogP contribution in [0.15, 0.2) is 6.20 Å². The molecule has 0 aliphatic carbocycles. The third-order valence-corrected chi connectivity index (χ3v) is 4.64. The van der Waals surface area contributed by atoms with Crippen LogP contribution < -0.4 is 5.32 Å². The molecular formula is C12H22N4OS. The average molecular weight is 270 g/mol. The van der Waals surface area contributed by atoms with Crippen molar-refractivity contribution in [3.8, 4) is 0 Å². The minimum atomic E-state index is -0.830. The molecule has 1 N–H and O–H groups in total. The van der Waals surface area contributed by atoms with Crippen molar-refractivity contribution in [2.75, 3.05) is 33.4 Å². The molecule has 0 saturated heterocycles. The van der Waals surface area contributed by atoms with Crippen molar-refractivity contribution in [1.82, 2.24) is 20.0 Å². The van der Waals surface area contributed by atoms with Gasteiger partial charge in [-0.05, 0) is 14.1 Å². The molecule has 1 aromatic rings. The molecule has 0 amide bonds. The molecule has 5 nitrogen and oxygen atoms in total. The normalized spacial score (nSPS) is 19.5. The van der Waals surface area contributed by atoms with Crippen LogP contribution in [0, 0.1) is 0 Å². The summed E-state index contributed by atoms with van der Waals surface area (Å²) in [6.07, 6.45) is 4.89.